The van der Waals surface area contributed by atoms with E-state index in [0.29, 0.717) is 23.4 Å². The van der Waals surface area contributed by atoms with E-state index in [1.807, 2.05) is 0 Å². The van der Waals surface area contributed by atoms with E-state index in [9.17, 15) is 19.2 Å². The molecule has 3 aromatic rings. The fourth-order valence-electron chi connectivity index (χ4n) is 3.92. The summed E-state index contributed by atoms with van der Waals surface area (Å²) in [5.41, 5.74) is 7.53. The lowest BCUT2D eigenvalue weighted by Gasteiger charge is -2.20. The van der Waals surface area contributed by atoms with Crippen molar-refractivity contribution in [2.45, 2.75) is 32.6 Å². The van der Waals surface area contributed by atoms with Gasteiger partial charge in [0.15, 0.2) is 11.6 Å². The largest absolute Gasteiger partial charge is 0.427 e. The van der Waals surface area contributed by atoms with Crippen LogP contribution in [0.2, 0.25) is 0 Å². The molecule has 0 atom stereocenters. The Morgan fingerprint density at radius 1 is 0.853 bits per heavy atom. The van der Waals surface area contributed by atoms with Crippen LogP contribution >= 0.6 is 0 Å². The zero-order chi connectivity index (χ0) is 24.2. The lowest BCUT2D eigenvalue weighted by Crippen LogP contribution is -2.24. The maximum absolute atomic E-state index is 13.0. The summed E-state index contributed by atoms with van der Waals surface area (Å²) in [6.07, 6.45) is 3.13. The third-order valence-corrected chi connectivity index (χ3v) is 5.71. The zero-order valence-electron chi connectivity index (χ0n) is 18.7. The molecule has 7 heteroatoms. The predicted octanol–water partition coefficient (Wildman–Crippen LogP) is 4.78. The van der Waals surface area contributed by atoms with Crippen LogP contribution in [0.25, 0.3) is 0 Å². The molecule has 7 nitrogen and oxygen atoms in total. The fraction of sp³-hybridized carbons (Fsp3) is 0.185. The van der Waals surface area contributed by atoms with Crippen LogP contribution in [0.1, 0.15) is 74.8 Å². The van der Waals surface area contributed by atoms with E-state index in [1.54, 1.807) is 48.5 Å². The number of benzene rings is 3. The fourth-order valence-corrected chi connectivity index (χ4v) is 3.92. The number of ketones is 2. The van der Waals surface area contributed by atoms with Crippen LogP contribution in [0.15, 0.2) is 60.7 Å². The third kappa shape index (κ3) is 4.45. The number of esters is 1. The molecule has 1 aliphatic carbocycles. The maximum Gasteiger partial charge on any atom is 0.311 e. The van der Waals surface area contributed by atoms with Gasteiger partial charge in [-0.3, -0.25) is 19.2 Å². The van der Waals surface area contributed by atoms with Gasteiger partial charge in [0.05, 0.1) is 16.8 Å². The maximum atomic E-state index is 13.0. The number of carbonyl (C=O) groups excluding carboxylic acids is 4. The molecule has 1 amide bonds. The first-order valence-electron chi connectivity index (χ1n) is 11.1. The standard InChI is InChI=1S/C27H24N2O5/c1-2-3-4-9-22(30)34-17-12-10-16(11-13-17)29-27(33)21-15-14-20-23(24(21)28)26(32)19-8-6-5-7-18(19)25(20)31/h5-8,10-15H,2-4,9,28H2,1H3,(H,29,33). The number of ether oxygens (including phenoxy) is 1. The molecule has 0 bridgehead atoms. The van der Waals surface area contributed by atoms with Gasteiger partial charge in [-0.1, -0.05) is 44.0 Å². The number of nitrogens with two attached hydrogens (primary N) is 1. The summed E-state index contributed by atoms with van der Waals surface area (Å²) in [5, 5.41) is 2.72. The Kier molecular flexibility index (Phi) is 6.54. The van der Waals surface area contributed by atoms with Crippen LogP contribution in [0.3, 0.4) is 0 Å². The Labute approximate surface area is 196 Å². The van der Waals surface area contributed by atoms with Gasteiger partial charge < -0.3 is 15.8 Å². The van der Waals surface area contributed by atoms with Gasteiger partial charge >= 0.3 is 5.97 Å². The quantitative estimate of drug-likeness (QED) is 0.179. The second-order valence-corrected chi connectivity index (χ2v) is 8.06. The smallest absolute Gasteiger partial charge is 0.311 e. The van der Waals surface area contributed by atoms with E-state index < -0.39 is 5.91 Å². The van der Waals surface area contributed by atoms with E-state index in [4.69, 9.17) is 10.5 Å². The van der Waals surface area contributed by atoms with Crippen molar-refractivity contribution in [1.29, 1.82) is 0 Å². The van der Waals surface area contributed by atoms with Crippen LogP contribution in [0.5, 0.6) is 5.75 Å². The van der Waals surface area contributed by atoms with Gasteiger partial charge in [0, 0.05) is 28.8 Å². The number of unbranched alkanes of at least 4 members (excludes halogenated alkanes) is 2. The molecule has 0 saturated heterocycles. The molecule has 0 heterocycles. The number of nitrogen functional groups attached to an aromatic ring is 1. The zero-order valence-corrected chi connectivity index (χ0v) is 18.7. The molecule has 3 aromatic carbocycles. The van der Waals surface area contributed by atoms with E-state index >= 15 is 0 Å². The molecule has 0 spiro atoms. The second kappa shape index (κ2) is 9.70. The van der Waals surface area contributed by atoms with Crippen LogP contribution in [-0.4, -0.2) is 23.4 Å². The monoisotopic (exact) mass is 456 g/mol. The molecule has 4 rings (SSSR count). The summed E-state index contributed by atoms with van der Waals surface area (Å²) >= 11 is 0. The number of rotatable bonds is 7. The van der Waals surface area contributed by atoms with Crippen LogP contribution in [-0.2, 0) is 4.79 Å². The Morgan fingerprint density at radius 3 is 2.21 bits per heavy atom. The van der Waals surface area contributed by atoms with E-state index in [-0.39, 0.29) is 45.5 Å². The summed E-state index contributed by atoms with van der Waals surface area (Å²) in [6, 6.07) is 15.8. The molecule has 0 aromatic heterocycles. The van der Waals surface area contributed by atoms with Crippen LogP contribution in [0, 0.1) is 0 Å². The molecular formula is C27H24N2O5. The normalized spacial score (nSPS) is 12.0. The summed E-state index contributed by atoms with van der Waals surface area (Å²) in [6.45, 7) is 2.06. The lowest BCUT2D eigenvalue weighted by molar-refractivity contribution is -0.134. The highest BCUT2D eigenvalue weighted by atomic mass is 16.5. The van der Waals surface area contributed by atoms with Gasteiger partial charge in [0.25, 0.3) is 5.91 Å². The highest BCUT2D eigenvalue weighted by Gasteiger charge is 2.32. The number of hydrogen-bond acceptors (Lipinski definition) is 6. The summed E-state index contributed by atoms with van der Waals surface area (Å²) < 4.78 is 5.30. The lowest BCUT2D eigenvalue weighted by atomic mass is 9.82. The van der Waals surface area contributed by atoms with Crippen molar-refractivity contribution < 1.29 is 23.9 Å². The topological polar surface area (TPSA) is 116 Å². The molecule has 0 saturated carbocycles. The third-order valence-electron chi connectivity index (χ3n) is 5.71. The van der Waals surface area contributed by atoms with Crippen molar-refractivity contribution in [2.75, 3.05) is 11.1 Å². The minimum absolute atomic E-state index is 0.0412. The molecule has 34 heavy (non-hydrogen) atoms. The van der Waals surface area contributed by atoms with E-state index in [2.05, 4.69) is 12.2 Å². The summed E-state index contributed by atoms with van der Waals surface area (Å²) in [7, 11) is 0. The molecule has 1 aliphatic rings. The minimum Gasteiger partial charge on any atom is -0.427 e. The summed E-state index contributed by atoms with van der Waals surface area (Å²) in [5.74, 6) is -1.13. The number of anilines is 2. The van der Waals surface area contributed by atoms with Crippen molar-refractivity contribution in [3.05, 3.63) is 88.5 Å². The van der Waals surface area contributed by atoms with Gasteiger partial charge in [-0.15, -0.1) is 0 Å². The van der Waals surface area contributed by atoms with Crippen molar-refractivity contribution in [1.82, 2.24) is 0 Å². The van der Waals surface area contributed by atoms with Crippen molar-refractivity contribution in [2.24, 2.45) is 0 Å². The van der Waals surface area contributed by atoms with Crippen LogP contribution in [0.4, 0.5) is 11.4 Å². The van der Waals surface area contributed by atoms with Gasteiger partial charge in [-0.05, 0) is 42.8 Å². The highest BCUT2D eigenvalue weighted by Crippen LogP contribution is 2.33. The molecule has 0 unspecified atom stereocenters. The number of hydrogen-bond donors (Lipinski definition) is 2. The Bertz CT molecular complexity index is 1290. The Morgan fingerprint density at radius 2 is 1.53 bits per heavy atom. The first kappa shape index (κ1) is 22.9. The second-order valence-electron chi connectivity index (χ2n) is 8.06. The molecule has 0 aliphatic heterocycles. The molecule has 3 N–H and O–H groups in total. The average molecular weight is 456 g/mol. The molecule has 0 fully saturated rings. The number of fused-ring (bicyclic) bond motifs is 2. The van der Waals surface area contributed by atoms with Gasteiger partial charge in [-0.2, -0.15) is 0 Å². The number of carbonyl (C=O) groups is 4. The minimum atomic E-state index is -0.524. The predicted molar refractivity (Wildman–Crippen MR) is 128 cm³/mol. The molecule has 172 valence electrons. The van der Waals surface area contributed by atoms with Crippen LogP contribution < -0.4 is 15.8 Å². The molecular weight excluding hydrogens is 432 g/mol. The Hall–Kier alpha value is -4.26. The highest BCUT2D eigenvalue weighted by molar-refractivity contribution is 6.31. The SMILES string of the molecule is CCCCCC(=O)Oc1ccc(NC(=O)c2ccc3c(c2N)C(=O)c2ccccc2C3=O)cc1. The molecule has 0 radical (unpaired) electrons. The van der Waals surface area contributed by atoms with Crippen molar-refractivity contribution >= 4 is 34.8 Å². The van der Waals surface area contributed by atoms with Crippen molar-refractivity contribution in [3.8, 4) is 5.75 Å². The number of amides is 1. The average Bonchev–Trinajstić information content (AvgIpc) is 2.83. The first-order valence-corrected chi connectivity index (χ1v) is 11.1. The number of nitrogens with one attached hydrogen (secondary N) is 1. The van der Waals surface area contributed by atoms with Gasteiger partial charge in [0.2, 0.25) is 0 Å². The first-order chi connectivity index (χ1) is 16.4. The van der Waals surface area contributed by atoms with E-state index in [0.717, 1.165) is 19.3 Å². The van der Waals surface area contributed by atoms with Gasteiger partial charge in [-0.25, -0.2) is 0 Å². The van der Waals surface area contributed by atoms with E-state index in [1.165, 1.54) is 12.1 Å². The Balaban J connectivity index is 1.50. The van der Waals surface area contributed by atoms with Gasteiger partial charge in [0.1, 0.15) is 5.75 Å². The summed E-state index contributed by atoms with van der Waals surface area (Å²) in [4.78, 5) is 50.6. The van der Waals surface area contributed by atoms with Crippen molar-refractivity contribution in [3.63, 3.8) is 0 Å².